The summed E-state index contributed by atoms with van der Waals surface area (Å²) in [6, 6.07) is 8.80. The maximum atomic E-state index is 12.5. The minimum Gasteiger partial charge on any atom is -0.305 e. The van der Waals surface area contributed by atoms with Crippen molar-refractivity contribution in [3.05, 3.63) is 65.1 Å². The number of anilines is 1. The largest absolute Gasteiger partial charge is 0.305 e. The van der Waals surface area contributed by atoms with Gasteiger partial charge in [-0.3, -0.25) is 4.79 Å². The second-order valence-corrected chi connectivity index (χ2v) is 5.58. The van der Waals surface area contributed by atoms with Gasteiger partial charge in [0.25, 0.3) is 5.91 Å². The van der Waals surface area contributed by atoms with Crippen molar-refractivity contribution in [2.45, 2.75) is 13.8 Å². The average molecular weight is 340 g/mol. The maximum absolute atomic E-state index is 12.5. The molecule has 0 aliphatic heterocycles. The Morgan fingerprint density at radius 1 is 1.00 bits per heavy atom. The van der Waals surface area contributed by atoms with Crippen molar-refractivity contribution in [1.29, 1.82) is 0 Å². The molecule has 0 radical (unpaired) electrons. The van der Waals surface area contributed by atoms with Gasteiger partial charge in [0.2, 0.25) is 0 Å². The molecule has 0 spiro atoms. The van der Waals surface area contributed by atoms with Crippen LogP contribution in [0.15, 0.2) is 42.7 Å². The molecule has 0 aliphatic carbocycles. The number of halogens is 1. The zero-order chi connectivity index (χ0) is 17.1. The summed E-state index contributed by atoms with van der Waals surface area (Å²) in [7, 11) is 0. The van der Waals surface area contributed by atoms with E-state index >= 15 is 0 Å². The summed E-state index contributed by atoms with van der Waals surface area (Å²) >= 11 is 5.94. The molecule has 3 aromatic heterocycles. The molecule has 0 aliphatic rings. The van der Waals surface area contributed by atoms with Gasteiger partial charge >= 0.3 is 0 Å². The number of nitrogens with one attached hydrogen (secondary N) is 1. The fourth-order valence-corrected chi connectivity index (χ4v) is 2.41. The lowest BCUT2D eigenvalue weighted by atomic mass is 10.1. The number of pyridine rings is 2. The summed E-state index contributed by atoms with van der Waals surface area (Å²) in [6.45, 7) is 3.59. The summed E-state index contributed by atoms with van der Waals surface area (Å²) in [5, 5.41) is 3.12. The molecule has 0 fully saturated rings. The molecule has 120 valence electrons. The molecular weight excluding hydrogens is 326 g/mol. The Labute approximate surface area is 144 Å². The van der Waals surface area contributed by atoms with E-state index in [1.165, 1.54) is 0 Å². The van der Waals surface area contributed by atoms with Gasteiger partial charge in [-0.1, -0.05) is 11.6 Å². The van der Waals surface area contributed by atoms with E-state index < -0.39 is 0 Å². The molecule has 6 nitrogen and oxygen atoms in total. The van der Waals surface area contributed by atoms with Crippen LogP contribution in [0.25, 0.3) is 11.1 Å². The average Bonchev–Trinajstić information content (AvgIpc) is 2.54. The van der Waals surface area contributed by atoms with Gasteiger partial charge in [0.05, 0.1) is 0 Å². The van der Waals surface area contributed by atoms with Gasteiger partial charge in [-0.25, -0.2) is 19.9 Å². The van der Waals surface area contributed by atoms with Crippen molar-refractivity contribution in [1.82, 2.24) is 19.9 Å². The second-order valence-electron chi connectivity index (χ2n) is 5.19. The minimum atomic E-state index is -0.335. The zero-order valence-corrected chi connectivity index (χ0v) is 13.9. The number of amides is 1. The molecular formula is C17H14ClN5O. The molecule has 0 saturated heterocycles. The van der Waals surface area contributed by atoms with Gasteiger partial charge in [-0.15, -0.1) is 0 Å². The van der Waals surface area contributed by atoms with Crippen molar-refractivity contribution in [3.8, 4) is 11.1 Å². The predicted octanol–water partition coefficient (Wildman–Crippen LogP) is 3.46. The fourth-order valence-electron chi connectivity index (χ4n) is 2.24. The molecule has 0 atom stereocenters. The second kappa shape index (κ2) is 6.72. The predicted molar refractivity (Wildman–Crippen MR) is 91.9 cm³/mol. The molecule has 1 N–H and O–H groups in total. The number of nitrogens with zero attached hydrogens (tertiary/aromatic N) is 4. The van der Waals surface area contributed by atoms with Crippen molar-refractivity contribution < 1.29 is 4.79 Å². The Morgan fingerprint density at radius 2 is 1.79 bits per heavy atom. The Bertz CT molecular complexity index is 913. The van der Waals surface area contributed by atoms with Crippen molar-refractivity contribution in [2.75, 3.05) is 5.32 Å². The van der Waals surface area contributed by atoms with Crippen molar-refractivity contribution in [2.24, 2.45) is 0 Å². The lowest BCUT2D eigenvalue weighted by Crippen LogP contribution is -2.15. The van der Waals surface area contributed by atoms with Gasteiger partial charge < -0.3 is 5.32 Å². The first-order valence-corrected chi connectivity index (χ1v) is 7.61. The summed E-state index contributed by atoms with van der Waals surface area (Å²) < 4.78 is 0. The molecule has 0 bridgehead atoms. The Morgan fingerprint density at radius 3 is 2.54 bits per heavy atom. The Kier molecular flexibility index (Phi) is 4.48. The molecule has 7 heteroatoms. The first-order valence-electron chi connectivity index (χ1n) is 7.23. The van der Waals surface area contributed by atoms with Crippen molar-refractivity contribution >= 4 is 23.3 Å². The number of hydrogen-bond acceptors (Lipinski definition) is 5. The monoisotopic (exact) mass is 339 g/mol. The van der Waals surface area contributed by atoms with Crippen LogP contribution in [0.4, 0.5) is 5.82 Å². The standard InChI is InChI=1S/C17H14ClN5O/c1-10-7-13(12-3-5-20-15(18)9-12)8-14(21-10)17(24)23-16-4-6-19-11(2)22-16/h3-9H,1-2H3,(H,19,22,23,24). The highest BCUT2D eigenvalue weighted by Crippen LogP contribution is 2.23. The lowest BCUT2D eigenvalue weighted by molar-refractivity contribution is 0.102. The van der Waals surface area contributed by atoms with Crippen LogP contribution < -0.4 is 5.32 Å². The van der Waals surface area contributed by atoms with Gasteiger partial charge in [0.15, 0.2) is 0 Å². The van der Waals surface area contributed by atoms with E-state index in [4.69, 9.17) is 11.6 Å². The summed E-state index contributed by atoms with van der Waals surface area (Å²) in [5.41, 5.74) is 2.74. The normalized spacial score (nSPS) is 10.5. The van der Waals surface area contributed by atoms with Crippen LogP contribution in [0.1, 0.15) is 22.0 Å². The van der Waals surface area contributed by atoms with Gasteiger partial charge in [-0.05, 0) is 55.3 Å². The first-order chi connectivity index (χ1) is 11.5. The third-order valence-corrected chi connectivity index (χ3v) is 3.47. The van der Waals surface area contributed by atoms with E-state index in [9.17, 15) is 4.79 Å². The van der Waals surface area contributed by atoms with E-state index in [0.29, 0.717) is 22.5 Å². The van der Waals surface area contributed by atoms with Crippen LogP contribution in [0.3, 0.4) is 0 Å². The summed E-state index contributed by atoms with van der Waals surface area (Å²) in [4.78, 5) is 28.9. The number of aromatic nitrogens is 4. The summed E-state index contributed by atoms with van der Waals surface area (Å²) in [5.74, 6) is 0.680. The zero-order valence-electron chi connectivity index (χ0n) is 13.1. The highest BCUT2D eigenvalue weighted by molar-refractivity contribution is 6.29. The van der Waals surface area contributed by atoms with Crippen LogP contribution in [-0.2, 0) is 0 Å². The smallest absolute Gasteiger partial charge is 0.275 e. The number of carbonyl (C=O) groups is 1. The van der Waals surface area contributed by atoms with Crippen LogP contribution in [0, 0.1) is 13.8 Å². The molecule has 0 aromatic carbocycles. The van der Waals surface area contributed by atoms with Crippen LogP contribution in [-0.4, -0.2) is 25.8 Å². The molecule has 0 saturated carbocycles. The highest BCUT2D eigenvalue weighted by Gasteiger charge is 2.12. The Balaban J connectivity index is 1.92. The van der Waals surface area contributed by atoms with E-state index in [2.05, 4.69) is 25.3 Å². The summed E-state index contributed by atoms with van der Waals surface area (Å²) in [6.07, 6.45) is 3.21. The number of hydrogen-bond donors (Lipinski definition) is 1. The minimum absolute atomic E-state index is 0.300. The maximum Gasteiger partial charge on any atom is 0.275 e. The third-order valence-electron chi connectivity index (χ3n) is 3.26. The SMILES string of the molecule is Cc1cc(-c2ccnc(Cl)c2)cc(C(=O)Nc2ccnc(C)n2)n1. The molecule has 3 rings (SSSR count). The van der Waals surface area contributed by atoms with Crippen LogP contribution >= 0.6 is 11.6 Å². The molecule has 1 amide bonds. The Hall–Kier alpha value is -2.86. The number of carbonyl (C=O) groups excluding carboxylic acids is 1. The van der Waals surface area contributed by atoms with E-state index in [-0.39, 0.29) is 5.91 Å². The number of rotatable bonds is 3. The molecule has 3 heterocycles. The van der Waals surface area contributed by atoms with Crippen molar-refractivity contribution in [3.63, 3.8) is 0 Å². The molecule has 0 unspecified atom stereocenters. The van der Waals surface area contributed by atoms with Crippen LogP contribution in [0.2, 0.25) is 5.15 Å². The van der Waals surface area contributed by atoms with E-state index in [0.717, 1.165) is 16.8 Å². The topological polar surface area (TPSA) is 80.7 Å². The third kappa shape index (κ3) is 3.72. The van der Waals surface area contributed by atoms with E-state index in [1.807, 2.05) is 19.1 Å². The quantitative estimate of drug-likeness (QED) is 0.739. The highest BCUT2D eigenvalue weighted by atomic mass is 35.5. The van der Waals surface area contributed by atoms with Gasteiger partial charge in [0, 0.05) is 18.1 Å². The number of aryl methyl sites for hydroxylation is 2. The van der Waals surface area contributed by atoms with E-state index in [1.54, 1.807) is 37.5 Å². The van der Waals surface area contributed by atoms with Gasteiger partial charge in [-0.2, -0.15) is 0 Å². The fraction of sp³-hybridized carbons (Fsp3) is 0.118. The lowest BCUT2D eigenvalue weighted by Gasteiger charge is -2.08. The van der Waals surface area contributed by atoms with Gasteiger partial charge in [0.1, 0.15) is 22.5 Å². The van der Waals surface area contributed by atoms with Crippen LogP contribution in [0.5, 0.6) is 0 Å². The molecule has 3 aromatic rings. The molecule has 24 heavy (non-hydrogen) atoms. The first kappa shape index (κ1) is 16.0.